The summed E-state index contributed by atoms with van der Waals surface area (Å²) in [6, 6.07) is 1.82. The Morgan fingerprint density at radius 2 is 2.40 bits per heavy atom. The summed E-state index contributed by atoms with van der Waals surface area (Å²) in [4.78, 5) is 14.6. The van der Waals surface area contributed by atoms with Crippen LogP contribution in [0.25, 0.3) is 0 Å². The fourth-order valence-corrected chi connectivity index (χ4v) is 0.938. The van der Waals surface area contributed by atoms with Crippen molar-refractivity contribution in [2.75, 3.05) is 12.3 Å². The van der Waals surface area contributed by atoms with Crippen LogP contribution in [-0.2, 0) is 4.79 Å². The molecule has 78 valence electrons. The van der Waals surface area contributed by atoms with Crippen molar-refractivity contribution >= 4 is 11.6 Å². The average molecular weight is 203 g/mol. The zero-order valence-corrected chi connectivity index (χ0v) is 8.79. The van der Waals surface area contributed by atoms with Crippen molar-refractivity contribution in [3.8, 4) is 11.8 Å². The number of aryl methyl sites for hydroxylation is 1. The third kappa shape index (κ3) is 3.69. The van der Waals surface area contributed by atoms with Gasteiger partial charge in [0.15, 0.2) is 0 Å². The maximum absolute atomic E-state index is 10.5. The molecule has 1 amide bonds. The van der Waals surface area contributed by atoms with Gasteiger partial charge in [-0.3, -0.25) is 4.79 Å². The number of nitrogens with two attached hydrogens (primary N) is 1. The van der Waals surface area contributed by atoms with Crippen LogP contribution in [0.5, 0.6) is 0 Å². The highest BCUT2D eigenvalue weighted by Gasteiger charge is 1.94. The molecule has 1 rings (SSSR count). The highest BCUT2D eigenvalue weighted by molar-refractivity contribution is 5.73. The molecule has 0 saturated heterocycles. The molecule has 3 N–H and O–H groups in total. The fourth-order valence-electron chi connectivity index (χ4n) is 0.938. The molecule has 0 fully saturated rings. The predicted octanol–water partition coefficient (Wildman–Crippen LogP) is 0.460. The summed E-state index contributed by atoms with van der Waals surface area (Å²) in [6.45, 7) is 3.68. The zero-order chi connectivity index (χ0) is 11.3. The van der Waals surface area contributed by atoms with E-state index in [9.17, 15) is 4.79 Å². The first-order valence-corrected chi connectivity index (χ1v) is 4.55. The molecule has 1 aromatic heterocycles. The quantitative estimate of drug-likeness (QED) is 0.651. The van der Waals surface area contributed by atoms with Gasteiger partial charge in [0.05, 0.1) is 18.4 Å². The van der Waals surface area contributed by atoms with Gasteiger partial charge in [-0.1, -0.05) is 5.92 Å². The average Bonchev–Trinajstić information content (AvgIpc) is 2.18. The largest absolute Gasteiger partial charge is 0.397 e. The summed E-state index contributed by atoms with van der Waals surface area (Å²) in [7, 11) is 0. The Kier molecular flexibility index (Phi) is 3.69. The van der Waals surface area contributed by atoms with Gasteiger partial charge < -0.3 is 11.1 Å². The Labute approximate surface area is 88.9 Å². The lowest BCUT2D eigenvalue weighted by atomic mass is 10.2. The molecule has 0 aromatic carbocycles. The first-order chi connectivity index (χ1) is 7.09. The summed E-state index contributed by atoms with van der Waals surface area (Å²) in [6.07, 6.45) is 1.58. The molecule has 0 spiro atoms. The number of nitrogens with one attached hydrogen (secondary N) is 1. The van der Waals surface area contributed by atoms with Crippen molar-refractivity contribution < 1.29 is 4.79 Å². The second-order valence-electron chi connectivity index (χ2n) is 3.14. The fraction of sp³-hybridized carbons (Fsp3) is 0.273. The Bertz CT molecular complexity index is 429. The van der Waals surface area contributed by atoms with E-state index >= 15 is 0 Å². The Morgan fingerprint density at radius 3 is 3.00 bits per heavy atom. The molecular weight excluding hydrogens is 190 g/mol. The maximum Gasteiger partial charge on any atom is 0.217 e. The van der Waals surface area contributed by atoms with Crippen LogP contribution in [0.3, 0.4) is 0 Å². The highest BCUT2D eigenvalue weighted by Crippen LogP contribution is 2.08. The van der Waals surface area contributed by atoms with Gasteiger partial charge >= 0.3 is 0 Å². The summed E-state index contributed by atoms with van der Waals surface area (Å²) in [5, 5.41) is 2.58. The van der Waals surface area contributed by atoms with Gasteiger partial charge in [-0.05, 0) is 24.5 Å². The number of nitrogens with zero attached hydrogens (tertiary/aromatic N) is 1. The second-order valence-corrected chi connectivity index (χ2v) is 3.14. The molecule has 1 heterocycles. The number of hydrogen-bond donors (Lipinski definition) is 2. The summed E-state index contributed by atoms with van der Waals surface area (Å²) in [5.74, 6) is 5.54. The SMILES string of the molecule is CC(=O)NCC#Cc1cc(C)c(N)cn1. The van der Waals surface area contributed by atoms with Crippen molar-refractivity contribution in [3.63, 3.8) is 0 Å². The molecule has 0 saturated carbocycles. The molecule has 0 aliphatic carbocycles. The molecule has 0 aliphatic rings. The molecule has 0 atom stereocenters. The van der Waals surface area contributed by atoms with Crippen LogP contribution >= 0.6 is 0 Å². The minimum atomic E-state index is -0.0919. The van der Waals surface area contributed by atoms with E-state index in [1.54, 1.807) is 6.20 Å². The van der Waals surface area contributed by atoms with Crippen LogP contribution in [0.2, 0.25) is 0 Å². The predicted molar refractivity (Wildman–Crippen MR) is 58.9 cm³/mol. The van der Waals surface area contributed by atoms with E-state index in [2.05, 4.69) is 22.1 Å². The number of pyridine rings is 1. The lowest BCUT2D eigenvalue weighted by Crippen LogP contribution is -2.19. The molecular formula is C11H13N3O. The summed E-state index contributed by atoms with van der Waals surface area (Å²) in [5.41, 5.74) is 7.88. The van der Waals surface area contributed by atoms with Gasteiger partial charge in [0.25, 0.3) is 0 Å². The molecule has 0 aliphatic heterocycles. The van der Waals surface area contributed by atoms with Crippen LogP contribution < -0.4 is 11.1 Å². The van der Waals surface area contributed by atoms with Gasteiger partial charge in [-0.15, -0.1) is 0 Å². The van der Waals surface area contributed by atoms with Crippen LogP contribution in [0.15, 0.2) is 12.3 Å². The number of carbonyl (C=O) groups excluding carboxylic acids is 1. The van der Waals surface area contributed by atoms with Gasteiger partial charge in [0.1, 0.15) is 5.69 Å². The molecule has 4 nitrogen and oxygen atoms in total. The van der Waals surface area contributed by atoms with Gasteiger partial charge in [-0.2, -0.15) is 0 Å². The van der Waals surface area contributed by atoms with E-state index in [4.69, 9.17) is 5.73 Å². The summed E-state index contributed by atoms with van der Waals surface area (Å²) >= 11 is 0. The van der Waals surface area contributed by atoms with E-state index < -0.39 is 0 Å². The number of hydrogen-bond acceptors (Lipinski definition) is 3. The smallest absolute Gasteiger partial charge is 0.217 e. The first-order valence-electron chi connectivity index (χ1n) is 4.55. The number of rotatable bonds is 1. The number of amides is 1. The van der Waals surface area contributed by atoms with Gasteiger partial charge in [0, 0.05) is 6.92 Å². The monoisotopic (exact) mass is 203 g/mol. The van der Waals surface area contributed by atoms with Crippen LogP contribution in [0.4, 0.5) is 5.69 Å². The molecule has 0 unspecified atom stereocenters. The van der Waals surface area contributed by atoms with Crippen molar-refractivity contribution in [1.82, 2.24) is 10.3 Å². The van der Waals surface area contributed by atoms with Crippen LogP contribution in [0, 0.1) is 18.8 Å². The van der Waals surface area contributed by atoms with Crippen LogP contribution in [0.1, 0.15) is 18.2 Å². The number of nitrogen functional groups attached to an aromatic ring is 1. The Balaban J connectivity index is 2.64. The number of carbonyl (C=O) groups is 1. The highest BCUT2D eigenvalue weighted by atomic mass is 16.1. The first kappa shape index (κ1) is 11.1. The van der Waals surface area contributed by atoms with Gasteiger partial charge in [-0.25, -0.2) is 4.98 Å². The van der Waals surface area contributed by atoms with Crippen molar-refractivity contribution in [3.05, 3.63) is 23.5 Å². The van der Waals surface area contributed by atoms with Crippen molar-refractivity contribution in [2.24, 2.45) is 0 Å². The number of aromatic nitrogens is 1. The van der Waals surface area contributed by atoms with E-state index in [0.717, 1.165) is 5.56 Å². The standard InChI is InChI=1S/C11H13N3O/c1-8-6-10(14-7-11(8)12)4-3-5-13-9(2)15/h6-7H,5,12H2,1-2H3,(H,13,15). The summed E-state index contributed by atoms with van der Waals surface area (Å²) < 4.78 is 0. The molecule has 15 heavy (non-hydrogen) atoms. The topological polar surface area (TPSA) is 68.0 Å². The maximum atomic E-state index is 10.5. The molecule has 1 aromatic rings. The zero-order valence-electron chi connectivity index (χ0n) is 8.79. The normalized spacial score (nSPS) is 8.93. The van der Waals surface area contributed by atoms with E-state index in [-0.39, 0.29) is 5.91 Å². The van der Waals surface area contributed by atoms with Gasteiger partial charge in [0.2, 0.25) is 5.91 Å². The third-order valence-electron chi connectivity index (χ3n) is 1.79. The van der Waals surface area contributed by atoms with E-state index in [0.29, 0.717) is 17.9 Å². The van der Waals surface area contributed by atoms with E-state index in [1.807, 2.05) is 13.0 Å². The Morgan fingerprint density at radius 1 is 1.67 bits per heavy atom. The second kappa shape index (κ2) is 5.01. The molecule has 0 bridgehead atoms. The van der Waals surface area contributed by atoms with Crippen molar-refractivity contribution in [2.45, 2.75) is 13.8 Å². The van der Waals surface area contributed by atoms with E-state index in [1.165, 1.54) is 6.92 Å². The molecule has 0 radical (unpaired) electrons. The third-order valence-corrected chi connectivity index (χ3v) is 1.79. The minimum Gasteiger partial charge on any atom is -0.397 e. The lowest BCUT2D eigenvalue weighted by molar-refractivity contribution is -0.118. The Hall–Kier alpha value is -2.02. The molecule has 4 heteroatoms. The van der Waals surface area contributed by atoms with Crippen LogP contribution in [-0.4, -0.2) is 17.4 Å². The number of anilines is 1. The van der Waals surface area contributed by atoms with Crippen molar-refractivity contribution in [1.29, 1.82) is 0 Å². The minimum absolute atomic E-state index is 0.0919. The lowest BCUT2D eigenvalue weighted by Gasteiger charge is -1.98.